The van der Waals surface area contributed by atoms with E-state index in [-0.39, 0.29) is 0 Å². The first-order valence-electron chi connectivity index (χ1n) is 5.30. The van der Waals surface area contributed by atoms with Gasteiger partial charge in [-0.05, 0) is 48.8 Å². The molecule has 1 heteroatoms. The Labute approximate surface area is 84.1 Å². The summed E-state index contributed by atoms with van der Waals surface area (Å²) in [6.07, 6.45) is 6.23. The third-order valence-corrected chi connectivity index (χ3v) is 3.61. The van der Waals surface area contributed by atoms with Gasteiger partial charge in [0.2, 0.25) is 0 Å². The number of hydrogen-bond acceptors (Lipinski definition) is 1. The smallest absolute Gasteiger partial charge is 0.115 e. The van der Waals surface area contributed by atoms with Gasteiger partial charge < -0.3 is 5.11 Å². The Kier molecular flexibility index (Phi) is 1.66. The highest BCUT2D eigenvalue weighted by molar-refractivity contribution is 5.34. The number of allylic oxidation sites excluding steroid dienone is 2. The largest absolute Gasteiger partial charge is 0.508 e. The fraction of sp³-hybridized carbons (Fsp3) is 0.385. The molecule has 1 aromatic carbocycles. The van der Waals surface area contributed by atoms with Crippen LogP contribution in [-0.4, -0.2) is 5.11 Å². The van der Waals surface area contributed by atoms with Crippen LogP contribution in [0.2, 0.25) is 0 Å². The van der Waals surface area contributed by atoms with Crippen molar-refractivity contribution in [3.05, 3.63) is 41.5 Å². The van der Waals surface area contributed by atoms with Gasteiger partial charge in [-0.15, -0.1) is 0 Å². The third-order valence-electron chi connectivity index (χ3n) is 3.61. The lowest BCUT2D eigenvalue weighted by molar-refractivity contribution is 0.471. The number of benzene rings is 1. The van der Waals surface area contributed by atoms with Gasteiger partial charge in [0.1, 0.15) is 5.75 Å². The molecule has 1 N–H and O–H groups in total. The summed E-state index contributed by atoms with van der Waals surface area (Å²) in [6.45, 7) is 0. The highest BCUT2D eigenvalue weighted by atomic mass is 16.3. The maximum Gasteiger partial charge on any atom is 0.115 e. The first-order chi connectivity index (χ1) is 6.83. The Morgan fingerprint density at radius 3 is 2.43 bits per heavy atom. The van der Waals surface area contributed by atoms with Crippen LogP contribution in [0.15, 0.2) is 35.9 Å². The first-order valence-corrected chi connectivity index (χ1v) is 5.30. The minimum atomic E-state index is 0.371. The molecule has 14 heavy (non-hydrogen) atoms. The predicted octanol–water partition coefficient (Wildman–Crippen LogP) is 3.22. The van der Waals surface area contributed by atoms with Crippen LogP contribution in [0.4, 0.5) is 0 Å². The lowest BCUT2D eigenvalue weighted by Gasteiger charge is -2.19. The minimum Gasteiger partial charge on any atom is -0.508 e. The van der Waals surface area contributed by atoms with Crippen molar-refractivity contribution in [1.82, 2.24) is 0 Å². The molecule has 2 aliphatic carbocycles. The monoisotopic (exact) mass is 186 g/mol. The topological polar surface area (TPSA) is 20.2 Å². The minimum absolute atomic E-state index is 0.371. The van der Waals surface area contributed by atoms with Gasteiger partial charge in [0.05, 0.1) is 0 Å². The van der Waals surface area contributed by atoms with Crippen molar-refractivity contribution >= 4 is 0 Å². The molecule has 3 rings (SSSR count). The van der Waals surface area contributed by atoms with E-state index in [1.807, 2.05) is 0 Å². The van der Waals surface area contributed by atoms with Crippen molar-refractivity contribution < 1.29 is 5.11 Å². The van der Waals surface area contributed by atoms with E-state index >= 15 is 0 Å². The molecule has 0 aliphatic heterocycles. The van der Waals surface area contributed by atoms with Gasteiger partial charge in [-0.1, -0.05) is 23.8 Å². The fourth-order valence-corrected chi connectivity index (χ4v) is 2.86. The van der Waals surface area contributed by atoms with Crippen molar-refractivity contribution in [2.75, 3.05) is 0 Å². The zero-order chi connectivity index (χ0) is 9.54. The zero-order valence-electron chi connectivity index (χ0n) is 8.11. The molecule has 1 aromatic rings. The molecule has 1 fully saturated rings. The molecule has 2 aliphatic rings. The first kappa shape index (κ1) is 8.10. The van der Waals surface area contributed by atoms with Crippen LogP contribution in [0.3, 0.4) is 0 Å². The van der Waals surface area contributed by atoms with Gasteiger partial charge in [-0.2, -0.15) is 0 Å². The van der Waals surface area contributed by atoms with E-state index in [1.165, 1.54) is 24.8 Å². The quantitative estimate of drug-likeness (QED) is 0.668. The third kappa shape index (κ3) is 1.16. The van der Waals surface area contributed by atoms with Crippen molar-refractivity contribution in [3.8, 4) is 5.75 Å². The molecule has 1 saturated carbocycles. The summed E-state index contributed by atoms with van der Waals surface area (Å²) >= 11 is 0. The maximum absolute atomic E-state index is 9.22. The summed E-state index contributed by atoms with van der Waals surface area (Å²) in [5.74, 6) is 1.93. The lowest BCUT2D eigenvalue weighted by atomic mass is 9.86. The van der Waals surface area contributed by atoms with Gasteiger partial charge in [-0.3, -0.25) is 0 Å². The summed E-state index contributed by atoms with van der Waals surface area (Å²) in [6, 6.07) is 7.74. The fourth-order valence-electron chi connectivity index (χ4n) is 2.86. The van der Waals surface area contributed by atoms with Crippen LogP contribution in [0.5, 0.6) is 5.75 Å². The van der Waals surface area contributed by atoms with Crippen LogP contribution < -0.4 is 0 Å². The van der Waals surface area contributed by atoms with Gasteiger partial charge in [0.15, 0.2) is 0 Å². The molecule has 2 bridgehead atoms. The molecule has 2 unspecified atom stereocenters. The van der Waals surface area contributed by atoms with E-state index in [1.54, 1.807) is 17.7 Å². The van der Waals surface area contributed by atoms with Crippen molar-refractivity contribution in [1.29, 1.82) is 0 Å². The second-order valence-electron chi connectivity index (χ2n) is 4.46. The van der Waals surface area contributed by atoms with E-state index < -0.39 is 0 Å². The molecule has 2 atom stereocenters. The Morgan fingerprint density at radius 1 is 1.07 bits per heavy atom. The number of hydrogen-bond donors (Lipinski definition) is 1. The molecular formula is C13H14O. The van der Waals surface area contributed by atoms with E-state index in [9.17, 15) is 5.11 Å². The Morgan fingerprint density at radius 2 is 1.86 bits per heavy atom. The molecular weight excluding hydrogens is 172 g/mol. The number of fused-ring (bicyclic) bond motifs is 2. The summed E-state index contributed by atoms with van der Waals surface area (Å²) in [4.78, 5) is 0. The number of phenolic OH excluding ortho intramolecular Hbond substituents is 1. The average Bonchev–Trinajstić information content (AvgIpc) is 2.80. The summed E-state index contributed by atoms with van der Waals surface area (Å²) in [7, 11) is 0. The maximum atomic E-state index is 9.22. The van der Waals surface area contributed by atoms with Gasteiger partial charge >= 0.3 is 0 Å². The van der Waals surface area contributed by atoms with Crippen molar-refractivity contribution in [2.24, 2.45) is 5.92 Å². The van der Waals surface area contributed by atoms with Crippen LogP contribution >= 0.6 is 0 Å². The SMILES string of the molecule is Oc1ccc(C2CC3=CCC2C3)cc1. The molecule has 0 aromatic heterocycles. The molecule has 0 heterocycles. The molecule has 0 amide bonds. The average molecular weight is 186 g/mol. The van der Waals surface area contributed by atoms with Gasteiger partial charge in [0, 0.05) is 0 Å². The van der Waals surface area contributed by atoms with E-state index in [4.69, 9.17) is 0 Å². The predicted molar refractivity (Wildman–Crippen MR) is 56.3 cm³/mol. The van der Waals surface area contributed by atoms with E-state index in [2.05, 4.69) is 18.2 Å². The second-order valence-corrected chi connectivity index (χ2v) is 4.46. The molecule has 72 valence electrons. The van der Waals surface area contributed by atoms with E-state index in [0.717, 1.165) is 11.8 Å². The van der Waals surface area contributed by atoms with Crippen LogP contribution in [0, 0.1) is 5.92 Å². The van der Waals surface area contributed by atoms with E-state index in [0.29, 0.717) is 5.75 Å². The summed E-state index contributed by atoms with van der Waals surface area (Å²) < 4.78 is 0. The molecule has 1 nitrogen and oxygen atoms in total. The Bertz CT molecular complexity index is 375. The molecule has 0 spiro atoms. The van der Waals surface area contributed by atoms with Gasteiger partial charge in [0.25, 0.3) is 0 Å². The second kappa shape index (κ2) is 2.88. The lowest BCUT2D eigenvalue weighted by Crippen LogP contribution is -2.05. The van der Waals surface area contributed by atoms with Crippen molar-refractivity contribution in [2.45, 2.75) is 25.2 Å². The van der Waals surface area contributed by atoms with Gasteiger partial charge in [-0.25, -0.2) is 0 Å². The zero-order valence-corrected chi connectivity index (χ0v) is 8.11. The number of aromatic hydroxyl groups is 1. The van der Waals surface area contributed by atoms with Crippen LogP contribution in [-0.2, 0) is 0 Å². The highest BCUT2D eigenvalue weighted by Gasteiger charge is 2.34. The van der Waals surface area contributed by atoms with Crippen LogP contribution in [0.25, 0.3) is 0 Å². The normalized spacial score (nSPS) is 29.3. The Hall–Kier alpha value is -1.24. The highest BCUT2D eigenvalue weighted by Crippen LogP contribution is 2.49. The summed E-state index contributed by atoms with van der Waals surface area (Å²) in [5.41, 5.74) is 3.05. The summed E-state index contributed by atoms with van der Waals surface area (Å²) in [5, 5.41) is 9.22. The number of phenols is 1. The molecule has 0 saturated heterocycles. The number of rotatable bonds is 1. The standard InChI is InChI=1S/C13H14O/c14-12-5-3-10(4-6-12)13-8-9-1-2-11(13)7-9/h1,3-6,11,13-14H,2,7-8H2. The molecule has 0 radical (unpaired) electrons. The van der Waals surface area contributed by atoms with Crippen molar-refractivity contribution in [3.63, 3.8) is 0 Å². The Balaban J connectivity index is 1.90. The van der Waals surface area contributed by atoms with Crippen LogP contribution in [0.1, 0.15) is 30.7 Å².